The topological polar surface area (TPSA) is 49.6 Å². The molecule has 2 rings (SSSR count). The summed E-state index contributed by atoms with van der Waals surface area (Å²) in [5.41, 5.74) is 5.47. The first-order valence-electron chi connectivity index (χ1n) is 7.66. The maximum absolute atomic E-state index is 12.6. The monoisotopic (exact) mass is 329 g/mol. The molecule has 7 heteroatoms. The summed E-state index contributed by atoms with van der Waals surface area (Å²) in [7, 11) is 0. The first kappa shape index (κ1) is 17.7. The summed E-state index contributed by atoms with van der Waals surface area (Å²) in [5, 5.41) is 0. The molecule has 0 unspecified atom stereocenters. The van der Waals surface area contributed by atoms with Crippen molar-refractivity contribution in [2.45, 2.75) is 19.0 Å². The summed E-state index contributed by atoms with van der Waals surface area (Å²) in [4.78, 5) is 15.2. The number of amides is 1. The lowest BCUT2D eigenvalue weighted by Crippen LogP contribution is -2.49. The van der Waals surface area contributed by atoms with Crippen LogP contribution in [0.3, 0.4) is 0 Å². The molecule has 2 N–H and O–H groups in total. The maximum atomic E-state index is 12.6. The Balaban J connectivity index is 1.85. The predicted octanol–water partition coefficient (Wildman–Crippen LogP) is 1.91. The highest BCUT2D eigenvalue weighted by Crippen LogP contribution is 2.30. The van der Waals surface area contributed by atoms with Gasteiger partial charge in [0.15, 0.2) is 0 Å². The van der Waals surface area contributed by atoms with Gasteiger partial charge < -0.3 is 10.6 Å². The lowest BCUT2D eigenvalue weighted by atomic mass is 9.99. The fourth-order valence-electron chi connectivity index (χ4n) is 2.84. The second kappa shape index (κ2) is 7.31. The molecule has 1 amide bonds. The van der Waals surface area contributed by atoms with Crippen LogP contribution in [-0.2, 0) is 11.0 Å². The molecule has 0 aliphatic carbocycles. The van der Waals surface area contributed by atoms with Gasteiger partial charge in [-0.25, -0.2) is 0 Å². The van der Waals surface area contributed by atoms with Gasteiger partial charge in [-0.05, 0) is 23.6 Å². The molecule has 1 aromatic rings. The minimum atomic E-state index is -4.29. The van der Waals surface area contributed by atoms with Gasteiger partial charge in [-0.1, -0.05) is 19.1 Å². The molecule has 23 heavy (non-hydrogen) atoms. The van der Waals surface area contributed by atoms with Gasteiger partial charge in [-0.2, -0.15) is 13.2 Å². The number of carbonyl (C=O) groups is 1. The number of rotatable bonds is 5. The molecule has 128 valence electrons. The number of halogens is 3. The van der Waals surface area contributed by atoms with Crippen molar-refractivity contribution in [3.63, 3.8) is 0 Å². The van der Waals surface area contributed by atoms with Crippen molar-refractivity contribution in [1.82, 2.24) is 9.80 Å². The van der Waals surface area contributed by atoms with E-state index in [4.69, 9.17) is 5.73 Å². The number of hydrogen-bond acceptors (Lipinski definition) is 3. The van der Waals surface area contributed by atoms with Crippen LogP contribution in [0.2, 0.25) is 0 Å². The number of nitrogens with zero attached hydrogens (tertiary/aromatic N) is 2. The third-order valence-electron chi connectivity index (χ3n) is 4.18. The minimum Gasteiger partial charge on any atom is -0.369 e. The van der Waals surface area contributed by atoms with Crippen LogP contribution in [0.5, 0.6) is 0 Å². The fourth-order valence-corrected chi connectivity index (χ4v) is 2.84. The van der Waals surface area contributed by atoms with Crippen LogP contribution in [0.25, 0.3) is 0 Å². The SMILES string of the molecule is C[C@H](CN1CCN(CC(N)=O)CC1)c1ccc(C(F)(F)F)cc1. The number of benzene rings is 1. The molecule has 0 aromatic heterocycles. The molecule has 0 bridgehead atoms. The fraction of sp³-hybridized carbons (Fsp3) is 0.562. The summed E-state index contributed by atoms with van der Waals surface area (Å²) in [5.74, 6) is -0.170. The lowest BCUT2D eigenvalue weighted by molar-refractivity contribution is -0.137. The Bertz CT molecular complexity index is 522. The molecule has 1 aromatic carbocycles. The number of carbonyl (C=O) groups excluding carboxylic acids is 1. The number of piperazine rings is 1. The normalized spacial score (nSPS) is 18.8. The van der Waals surface area contributed by atoms with E-state index in [1.54, 1.807) is 12.1 Å². The number of primary amides is 1. The Morgan fingerprint density at radius 3 is 2.13 bits per heavy atom. The van der Waals surface area contributed by atoms with E-state index in [9.17, 15) is 18.0 Å². The van der Waals surface area contributed by atoms with Crippen LogP contribution >= 0.6 is 0 Å². The molecule has 1 aliphatic heterocycles. The molecular weight excluding hydrogens is 307 g/mol. The average molecular weight is 329 g/mol. The lowest BCUT2D eigenvalue weighted by Gasteiger charge is -2.35. The van der Waals surface area contributed by atoms with E-state index in [0.717, 1.165) is 50.4 Å². The molecule has 1 atom stereocenters. The minimum absolute atomic E-state index is 0.153. The standard InChI is InChI=1S/C16H22F3N3O/c1-12(13-2-4-14(5-3-13)16(17,18)19)10-21-6-8-22(9-7-21)11-15(20)23/h2-5,12H,6-11H2,1H3,(H2,20,23)/t12-/m1/s1. The summed E-state index contributed by atoms with van der Waals surface area (Å²) in [6, 6.07) is 5.38. The smallest absolute Gasteiger partial charge is 0.369 e. The molecule has 1 aliphatic rings. The zero-order chi connectivity index (χ0) is 17.0. The van der Waals surface area contributed by atoms with E-state index in [-0.39, 0.29) is 18.4 Å². The van der Waals surface area contributed by atoms with Crippen LogP contribution in [0, 0.1) is 0 Å². The number of hydrogen-bond donors (Lipinski definition) is 1. The van der Waals surface area contributed by atoms with Crippen molar-refractivity contribution in [3.05, 3.63) is 35.4 Å². The average Bonchev–Trinajstić information content (AvgIpc) is 2.48. The highest BCUT2D eigenvalue weighted by atomic mass is 19.4. The van der Waals surface area contributed by atoms with Gasteiger partial charge >= 0.3 is 6.18 Å². The van der Waals surface area contributed by atoms with Crippen molar-refractivity contribution in [2.75, 3.05) is 39.3 Å². The second-order valence-electron chi connectivity index (χ2n) is 6.06. The van der Waals surface area contributed by atoms with Crippen molar-refractivity contribution in [2.24, 2.45) is 5.73 Å². The predicted molar refractivity (Wildman–Crippen MR) is 81.9 cm³/mol. The quantitative estimate of drug-likeness (QED) is 0.898. The van der Waals surface area contributed by atoms with Crippen molar-refractivity contribution in [3.8, 4) is 0 Å². The zero-order valence-corrected chi connectivity index (χ0v) is 13.1. The number of nitrogens with two attached hydrogens (primary N) is 1. The molecule has 4 nitrogen and oxygen atoms in total. The molecule has 1 heterocycles. The Labute approximate surface area is 134 Å². The Hall–Kier alpha value is -1.60. The Morgan fingerprint density at radius 2 is 1.65 bits per heavy atom. The largest absolute Gasteiger partial charge is 0.416 e. The Morgan fingerprint density at radius 1 is 1.13 bits per heavy atom. The van der Waals surface area contributed by atoms with Gasteiger partial charge in [0.25, 0.3) is 0 Å². The van der Waals surface area contributed by atoms with Crippen molar-refractivity contribution in [1.29, 1.82) is 0 Å². The Kier molecular flexibility index (Phi) is 5.64. The van der Waals surface area contributed by atoms with Gasteiger partial charge in [0.2, 0.25) is 5.91 Å². The van der Waals surface area contributed by atoms with E-state index < -0.39 is 11.7 Å². The van der Waals surface area contributed by atoms with Crippen molar-refractivity contribution < 1.29 is 18.0 Å². The first-order valence-corrected chi connectivity index (χ1v) is 7.66. The third-order valence-corrected chi connectivity index (χ3v) is 4.18. The molecule has 0 radical (unpaired) electrons. The second-order valence-corrected chi connectivity index (χ2v) is 6.06. The summed E-state index contributed by atoms with van der Waals surface area (Å²) >= 11 is 0. The molecule has 0 saturated carbocycles. The molecular formula is C16H22F3N3O. The van der Waals surface area contributed by atoms with Crippen molar-refractivity contribution >= 4 is 5.91 Å². The molecule has 0 spiro atoms. The van der Waals surface area contributed by atoms with E-state index >= 15 is 0 Å². The molecule has 1 saturated heterocycles. The van der Waals surface area contributed by atoms with E-state index in [0.29, 0.717) is 0 Å². The summed E-state index contributed by atoms with van der Waals surface area (Å²) in [6.07, 6.45) is -4.29. The van der Waals surface area contributed by atoms with Gasteiger partial charge in [-0.3, -0.25) is 9.69 Å². The zero-order valence-electron chi connectivity index (χ0n) is 13.1. The third kappa shape index (κ3) is 5.21. The summed E-state index contributed by atoms with van der Waals surface area (Å²) < 4.78 is 37.7. The van der Waals surface area contributed by atoms with E-state index in [2.05, 4.69) is 4.90 Å². The van der Waals surface area contributed by atoms with Crippen LogP contribution in [-0.4, -0.2) is 55.0 Å². The highest BCUT2D eigenvalue weighted by molar-refractivity contribution is 5.75. The highest BCUT2D eigenvalue weighted by Gasteiger charge is 2.30. The van der Waals surface area contributed by atoms with Crippen LogP contribution in [0.15, 0.2) is 24.3 Å². The van der Waals surface area contributed by atoms with Crippen LogP contribution in [0.1, 0.15) is 24.0 Å². The number of alkyl halides is 3. The maximum Gasteiger partial charge on any atom is 0.416 e. The molecule has 1 fully saturated rings. The summed E-state index contributed by atoms with van der Waals surface area (Å²) in [6.45, 7) is 6.30. The van der Waals surface area contributed by atoms with Gasteiger partial charge in [0.1, 0.15) is 0 Å². The van der Waals surface area contributed by atoms with E-state index in [1.807, 2.05) is 11.8 Å². The first-order chi connectivity index (χ1) is 10.8. The van der Waals surface area contributed by atoms with Gasteiger partial charge in [0.05, 0.1) is 12.1 Å². The van der Waals surface area contributed by atoms with E-state index in [1.165, 1.54) is 0 Å². The van der Waals surface area contributed by atoms with Gasteiger partial charge in [-0.15, -0.1) is 0 Å². The van der Waals surface area contributed by atoms with Crippen LogP contribution < -0.4 is 5.73 Å². The van der Waals surface area contributed by atoms with Crippen LogP contribution in [0.4, 0.5) is 13.2 Å². The van der Waals surface area contributed by atoms with Gasteiger partial charge in [0, 0.05) is 32.7 Å².